The van der Waals surface area contributed by atoms with Gasteiger partial charge in [-0.1, -0.05) is 12.8 Å². The average molecular weight is 318 g/mol. The number of aliphatic hydroxyl groups is 1. The van der Waals surface area contributed by atoms with Gasteiger partial charge >= 0.3 is 0 Å². The molecule has 6 nitrogen and oxygen atoms in total. The molecule has 122 valence electrons. The second-order valence-electron chi connectivity index (χ2n) is 6.65. The molecule has 2 heterocycles. The minimum atomic E-state index is -3.22. The SMILES string of the molecule is O=S(=O)(C1CCCC1)N1CCC(O)(CN2CCOCC2)C1. The summed E-state index contributed by atoms with van der Waals surface area (Å²) in [5.74, 6) is 0. The molecule has 1 atom stereocenters. The first-order valence-corrected chi connectivity index (χ1v) is 9.51. The van der Waals surface area contributed by atoms with Gasteiger partial charge in [-0.15, -0.1) is 0 Å². The van der Waals surface area contributed by atoms with Gasteiger partial charge in [-0.3, -0.25) is 4.90 Å². The van der Waals surface area contributed by atoms with E-state index in [0.717, 1.165) is 38.8 Å². The molecule has 1 saturated carbocycles. The summed E-state index contributed by atoms with van der Waals surface area (Å²) in [6.07, 6.45) is 4.11. The van der Waals surface area contributed by atoms with Gasteiger partial charge in [-0.25, -0.2) is 8.42 Å². The number of ether oxygens (including phenoxy) is 1. The maximum atomic E-state index is 12.6. The van der Waals surface area contributed by atoms with Crippen LogP contribution in [0.1, 0.15) is 32.1 Å². The smallest absolute Gasteiger partial charge is 0.217 e. The molecule has 1 aliphatic carbocycles. The van der Waals surface area contributed by atoms with E-state index in [4.69, 9.17) is 4.74 Å². The van der Waals surface area contributed by atoms with Gasteiger partial charge in [0, 0.05) is 32.7 Å². The van der Waals surface area contributed by atoms with Gasteiger partial charge in [0.15, 0.2) is 0 Å². The summed E-state index contributed by atoms with van der Waals surface area (Å²) >= 11 is 0. The van der Waals surface area contributed by atoms with Gasteiger partial charge in [0.05, 0.1) is 24.1 Å². The molecule has 2 saturated heterocycles. The third-order valence-electron chi connectivity index (χ3n) is 5.00. The Morgan fingerprint density at radius 2 is 1.81 bits per heavy atom. The molecule has 0 radical (unpaired) electrons. The van der Waals surface area contributed by atoms with Crippen LogP contribution in [-0.2, 0) is 14.8 Å². The first kappa shape index (κ1) is 15.7. The quantitative estimate of drug-likeness (QED) is 0.792. The molecule has 7 heteroatoms. The fourth-order valence-corrected chi connectivity index (χ4v) is 5.85. The molecule has 21 heavy (non-hydrogen) atoms. The Balaban J connectivity index is 1.61. The van der Waals surface area contributed by atoms with Crippen molar-refractivity contribution in [2.45, 2.75) is 43.0 Å². The van der Waals surface area contributed by atoms with Crippen molar-refractivity contribution < 1.29 is 18.3 Å². The lowest BCUT2D eigenvalue weighted by atomic mass is 10.0. The lowest BCUT2D eigenvalue weighted by Crippen LogP contribution is -2.49. The van der Waals surface area contributed by atoms with E-state index in [1.165, 1.54) is 4.31 Å². The van der Waals surface area contributed by atoms with Crippen molar-refractivity contribution in [3.8, 4) is 0 Å². The lowest BCUT2D eigenvalue weighted by molar-refractivity contribution is -0.0239. The highest BCUT2D eigenvalue weighted by atomic mass is 32.2. The summed E-state index contributed by atoms with van der Waals surface area (Å²) in [6, 6.07) is 0. The lowest BCUT2D eigenvalue weighted by Gasteiger charge is -2.33. The third kappa shape index (κ3) is 3.42. The summed E-state index contributed by atoms with van der Waals surface area (Å²) < 4.78 is 32.0. The Morgan fingerprint density at radius 3 is 2.48 bits per heavy atom. The van der Waals surface area contributed by atoms with E-state index in [0.29, 0.717) is 32.7 Å². The number of β-amino-alcohol motifs (C(OH)–C–C–N with tert-alkyl or cyclic N) is 1. The van der Waals surface area contributed by atoms with Crippen LogP contribution in [0.15, 0.2) is 0 Å². The number of nitrogens with zero attached hydrogens (tertiary/aromatic N) is 2. The van der Waals surface area contributed by atoms with Crippen LogP contribution >= 0.6 is 0 Å². The predicted molar refractivity (Wildman–Crippen MR) is 79.6 cm³/mol. The molecule has 2 aliphatic heterocycles. The van der Waals surface area contributed by atoms with Crippen LogP contribution in [0, 0.1) is 0 Å². The second-order valence-corrected chi connectivity index (χ2v) is 8.86. The highest BCUT2D eigenvalue weighted by molar-refractivity contribution is 7.89. The van der Waals surface area contributed by atoms with Crippen LogP contribution in [0.2, 0.25) is 0 Å². The van der Waals surface area contributed by atoms with E-state index in [9.17, 15) is 13.5 Å². The molecule has 3 aliphatic rings. The molecule has 0 spiro atoms. The predicted octanol–water partition coefficient (Wildman–Crippen LogP) is 0.0278. The van der Waals surface area contributed by atoms with Crippen molar-refractivity contribution in [3.63, 3.8) is 0 Å². The molecule has 3 fully saturated rings. The highest BCUT2D eigenvalue weighted by Gasteiger charge is 2.45. The van der Waals surface area contributed by atoms with Gasteiger partial charge in [-0.05, 0) is 19.3 Å². The average Bonchev–Trinajstić information content (AvgIpc) is 3.10. The van der Waals surface area contributed by atoms with Gasteiger partial charge in [-0.2, -0.15) is 4.31 Å². The fraction of sp³-hybridized carbons (Fsp3) is 1.00. The van der Waals surface area contributed by atoms with Crippen molar-refractivity contribution in [2.75, 3.05) is 45.9 Å². The monoisotopic (exact) mass is 318 g/mol. The minimum absolute atomic E-state index is 0.219. The molecular formula is C14H26N2O4S. The Hall–Kier alpha value is -0.210. The molecule has 0 amide bonds. The number of hydrogen-bond acceptors (Lipinski definition) is 5. The number of morpholine rings is 1. The van der Waals surface area contributed by atoms with Gasteiger partial charge in [0.2, 0.25) is 10.0 Å². The van der Waals surface area contributed by atoms with Gasteiger partial charge < -0.3 is 9.84 Å². The van der Waals surface area contributed by atoms with Crippen molar-refractivity contribution in [3.05, 3.63) is 0 Å². The summed E-state index contributed by atoms with van der Waals surface area (Å²) in [5.41, 5.74) is -0.900. The molecule has 0 aromatic rings. The van der Waals surface area contributed by atoms with Crippen LogP contribution in [0.25, 0.3) is 0 Å². The molecule has 1 N–H and O–H groups in total. The first-order valence-electron chi connectivity index (χ1n) is 8.01. The normalized spacial score (nSPS) is 33.8. The maximum absolute atomic E-state index is 12.6. The zero-order valence-corrected chi connectivity index (χ0v) is 13.4. The van der Waals surface area contributed by atoms with Crippen LogP contribution in [0.3, 0.4) is 0 Å². The molecular weight excluding hydrogens is 292 g/mol. The number of sulfonamides is 1. The zero-order valence-electron chi connectivity index (χ0n) is 12.5. The summed E-state index contributed by atoms with van der Waals surface area (Å²) in [5, 5.41) is 10.5. The fourth-order valence-electron chi connectivity index (χ4n) is 3.74. The summed E-state index contributed by atoms with van der Waals surface area (Å²) in [4.78, 5) is 2.18. The van der Waals surface area contributed by atoms with E-state index in [1.807, 2.05) is 0 Å². The molecule has 1 unspecified atom stereocenters. The highest BCUT2D eigenvalue weighted by Crippen LogP contribution is 2.32. The third-order valence-corrected chi connectivity index (χ3v) is 7.35. The topological polar surface area (TPSA) is 70.1 Å². The summed E-state index contributed by atoms with van der Waals surface area (Å²) in [7, 11) is -3.22. The van der Waals surface area contributed by atoms with Crippen LogP contribution in [0.5, 0.6) is 0 Å². The van der Waals surface area contributed by atoms with E-state index in [1.54, 1.807) is 0 Å². The van der Waals surface area contributed by atoms with Crippen LogP contribution in [0.4, 0.5) is 0 Å². The van der Waals surface area contributed by atoms with Crippen molar-refractivity contribution in [2.24, 2.45) is 0 Å². The number of rotatable bonds is 4. The Morgan fingerprint density at radius 1 is 1.14 bits per heavy atom. The Kier molecular flexibility index (Phi) is 4.57. The molecule has 0 bridgehead atoms. The van der Waals surface area contributed by atoms with Crippen LogP contribution < -0.4 is 0 Å². The standard InChI is InChI=1S/C14H26N2O4S/c17-14(11-15-7-9-20-10-8-15)5-6-16(12-14)21(18,19)13-3-1-2-4-13/h13,17H,1-12H2. The second kappa shape index (κ2) is 6.12. The molecule has 0 aromatic carbocycles. The Labute approximate surface area is 127 Å². The first-order chi connectivity index (χ1) is 10.00. The zero-order chi connectivity index (χ0) is 14.9. The van der Waals surface area contributed by atoms with E-state index in [2.05, 4.69) is 4.90 Å². The molecule has 3 rings (SSSR count). The van der Waals surface area contributed by atoms with Crippen molar-refractivity contribution >= 4 is 10.0 Å². The van der Waals surface area contributed by atoms with E-state index in [-0.39, 0.29) is 11.8 Å². The van der Waals surface area contributed by atoms with Gasteiger partial charge in [0.25, 0.3) is 0 Å². The Bertz CT molecular complexity index is 458. The van der Waals surface area contributed by atoms with Crippen molar-refractivity contribution in [1.82, 2.24) is 9.21 Å². The van der Waals surface area contributed by atoms with Crippen LogP contribution in [-0.4, -0.2) is 79.5 Å². The van der Waals surface area contributed by atoms with E-state index >= 15 is 0 Å². The largest absolute Gasteiger partial charge is 0.387 e. The minimum Gasteiger partial charge on any atom is -0.387 e. The molecule has 0 aromatic heterocycles. The van der Waals surface area contributed by atoms with E-state index < -0.39 is 15.6 Å². The summed E-state index contributed by atoms with van der Waals surface area (Å²) in [6.45, 7) is 4.28. The number of hydrogen-bond donors (Lipinski definition) is 1. The maximum Gasteiger partial charge on any atom is 0.217 e. The van der Waals surface area contributed by atoms with Gasteiger partial charge in [0.1, 0.15) is 0 Å². The van der Waals surface area contributed by atoms with Crippen molar-refractivity contribution in [1.29, 1.82) is 0 Å².